The Kier molecular flexibility index (Phi) is 2.95. The minimum atomic E-state index is -0.525. The number of hydrogen-bond acceptors (Lipinski definition) is 3. The number of nitriles is 1. The van der Waals surface area contributed by atoms with E-state index < -0.39 is 5.92 Å². The fourth-order valence-corrected chi connectivity index (χ4v) is 3.47. The van der Waals surface area contributed by atoms with Crippen molar-refractivity contribution in [2.24, 2.45) is 23.7 Å². The highest BCUT2D eigenvalue weighted by Crippen LogP contribution is 2.50. The Hall–Kier alpha value is -1.04. The topological polar surface area (TPSA) is 50.1 Å². The summed E-state index contributed by atoms with van der Waals surface area (Å²) in [5.74, 6) is 0.775. The van der Waals surface area contributed by atoms with E-state index in [1.807, 2.05) is 0 Å². The molecule has 0 radical (unpaired) electrons. The van der Waals surface area contributed by atoms with Crippen molar-refractivity contribution in [3.8, 4) is 6.07 Å². The van der Waals surface area contributed by atoms with Crippen molar-refractivity contribution in [2.75, 3.05) is 7.11 Å². The van der Waals surface area contributed by atoms with Crippen LogP contribution in [0.4, 0.5) is 0 Å². The number of methoxy groups -OCH3 is 1. The van der Waals surface area contributed by atoms with Gasteiger partial charge in [0, 0.05) is 0 Å². The predicted molar refractivity (Wildman–Crippen MR) is 54.7 cm³/mol. The maximum absolute atomic E-state index is 11.5. The third-order valence-electron chi connectivity index (χ3n) is 4.16. The first kappa shape index (κ1) is 10.5. The standard InChI is InChI=1S/C12H17NO2/c1-15-12(14)11(7-13)10-6-5-8-3-2-4-9(8)10/h8-11H,2-6H2,1H3. The molecule has 0 aromatic carbocycles. The molecular weight excluding hydrogens is 190 g/mol. The van der Waals surface area contributed by atoms with Crippen molar-refractivity contribution in [2.45, 2.75) is 32.1 Å². The lowest BCUT2D eigenvalue weighted by Gasteiger charge is -2.21. The Morgan fingerprint density at radius 1 is 1.40 bits per heavy atom. The zero-order valence-corrected chi connectivity index (χ0v) is 9.11. The second kappa shape index (κ2) is 4.22. The number of nitrogens with zero attached hydrogens (tertiary/aromatic N) is 1. The quantitative estimate of drug-likeness (QED) is 0.652. The van der Waals surface area contributed by atoms with Gasteiger partial charge in [-0.3, -0.25) is 4.79 Å². The molecule has 2 fully saturated rings. The molecule has 0 aromatic heterocycles. The summed E-state index contributed by atoms with van der Waals surface area (Å²) in [6.07, 6.45) is 5.99. The van der Waals surface area contributed by atoms with Crippen LogP contribution in [-0.2, 0) is 9.53 Å². The zero-order chi connectivity index (χ0) is 10.8. The van der Waals surface area contributed by atoms with E-state index in [4.69, 9.17) is 10.00 Å². The highest BCUT2D eigenvalue weighted by Gasteiger charge is 2.45. The number of hydrogen-bond donors (Lipinski definition) is 0. The second-order valence-corrected chi connectivity index (χ2v) is 4.73. The minimum absolute atomic E-state index is 0.259. The molecule has 0 heterocycles. The van der Waals surface area contributed by atoms with Crippen LogP contribution in [0.15, 0.2) is 0 Å². The summed E-state index contributed by atoms with van der Waals surface area (Å²) < 4.78 is 4.70. The molecule has 0 aromatic rings. The Morgan fingerprint density at radius 3 is 2.87 bits per heavy atom. The summed E-state index contributed by atoms with van der Waals surface area (Å²) in [4.78, 5) is 11.5. The van der Waals surface area contributed by atoms with Crippen LogP contribution in [-0.4, -0.2) is 13.1 Å². The molecule has 3 heteroatoms. The smallest absolute Gasteiger partial charge is 0.323 e. The molecule has 0 aliphatic heterocycles. The molecule has 0 bridgehead atoms. The summed E-state index contributed by atoms with van der Waals surface area (Å²) in [7, 11) is 1.37. The van der Waals surface area contributed by atoms with Gasteiger partial charge in [0.25, 0.3) is 0 Å². The molecule has 0 spiro atoms. The van der Waals surface area contributed by atoms with Crippen LogP contribution in [0, 0.1) is 35.0 Å². The monoisotopic (exact) mass is 207 g/mol. The van der Waals surface area contributed by atoms with Gasteiger partial charge in [0.05, 0.1) is 13.2 Å². The van der Waals surface area contributed by atoms with Gasteiger partial charge >= 0.3 is 5.97 Å². The molecule has 0 N–H and O–H groups in total. The van der Waals surface area contributed by atoms with Gasteiger partial charge in [-0.1, -0.05) is 12.8 Å². The van der Waals surface area contributed by atoms with Crippen LogP contribution in [0.2, 0.25) is 0 Å². The van der Waals surface area contributed by atoms with Gasteiger partial charge in [-0.25, -0.2) is 0 Å². The van der Waals surface area contributed by atoms with E-state index in [0.717, 1.165) is 12.3 Å². The Morgan fingerprint density at radius 2 is 2.20 bits per heavy atom. The number of esters is 1. The van der Waals surface area contributed by atoms with Gasteiger partial charge in [-0.15, -0.1) is 0 Å². The maximum atomic E-state index is 11.5. The van der Waals surface area contributed by atoms with Gasteiger partial charge in [0.2, 0.25) is 0 Å². The van der Waals surface area contributed by atoms with Gasteiger partial charge in [0.1, 0.15) is 5.92 Å². The number of carbonyl (C=O) groups is 1. The van der Waals surface area contributed by atoms with E-state index in [9.17, 15) is 4.79 Å². The van der Waals surface area contributed by atoms with Crippen LogP contribution in [0.3, 0.4) is 0 Å². The lowest BCUT2D eigenvalue weighted by molar-refractivity contribution is -0.145. The predicted octanol–water partition coefficient (Wildman–Crippen LogP) is 2.13. The van der Waals surface area contributed by atoms with Gasteiger partial charge in [0.15, 0.2) is 0 Å². The zero-order valence-electron chi connectivity index (χ0n) is 9.11. The largest absolute Gasteiger partial charge is 0.468 e. The maximum Gasteiger partial charge on any atom is 0.323 e. The molecular formula is C12H17NO2. The fraction of sp³-hybridized carbons (Fsp3) is 0.833. The highest BCUT2D eigenvalue weighted by atomic mass is 16.5. The molecule has 2 saturated carbocycles. The molecule has 15 heavy (non-hydrogen) atoms. The molecule has 4 unspecified atom stereocenters. The molecule has 82 valence electrons. The van der Waals surface area contributed by atoms with Gasteiger partial charge in [-0.2, -0.15) is 5.26 Å². The number of rotatable bonds is 2. The average Bonchev–Trinajstić information content (AvgIpc) is 2.82. The summed E-state index contributed by atoms with van der Waals surface area (Å²) >= 11 is 0. The van der Waals surface area contributed by atoms with E-state index in [-0.39, 0.29) is 11.9 Å². The number of carbonyl (C=O) groups excluding carboxylic acids is 1. The summed E-state index contributed by atoms with van der Waals surface area (Å²) in [5, 5.41) is 9.06. The number of ether oxygens (including phenoxy) is 1. The van der Waals surface area contributed by atoms with Crippen LogP contribution >= 0.6 is 0 Å². The van der Waals surface area contributed by atoms with Crippen molar-refractivity contribution in [3.05, 3.63) is 0 Å². The van der Waals surface area contributed by atoms with Crippen molar-refractivity contribution >= 4 is 5.97 Å². The molecule has 2 aliphatic rings. The van der Waals surface area contributed by atoms with Crippen molar-refractivity contribution in [1.29, 1.82) is 5.26 Å². The van der Waals surface area contributed by atoms with E-state index in [1.165, 1.54) is 32.8 Å². The summed E-state index contributed by atoms with van der Waals surface area (Å²) in [5.41, 5.74) is 0. The van der Waals surface area contributed by atoms with Crippen LogP contribution < -0.4 is 0 Å². The normalized spacial score (nSPS) is 35.6. The average molecular weight is 207 g/mol. The van der Waals surface area contributed by atoms with E-state index in [2.05, 4.69) is 6.07 Å². The molecule has 2 rings (SSSR count). The lowest BCUT2D eigenvalue weighted by Crippen LogP contribution is -2.26. The fourth-order valence-electron chi connectivity index (χ4n) is 3.47. The van der Waals surface area contributed by atoms with Crippen LogP contribution in [0.1, 0.15) is 32.1 Å². The van der Waals surface area contributed by atoms with E-state index in [1.54, 1.807) is 0 Å². The van der Waals surface area contributed by atoms with Gasteiger partial charge in [-0.05, 0) is 37.0 Å². The molecule has 0 saturated heterocycles. The third-order valence-corrected chi connectivity index (χ3v) is 4.16. The van der Waals surface area contributed by atoms with Crippen molar-refractivity contribution in [1.82, 2.24) is 0 Å². The highest BCUT2D eigenvalue weighted by molar-refractivity contribution is 5.75. The molecule has 0 amide bonds. The van der Waals surface area contributed by atoms with Gasteiger partial charge < -0.3 is 4.74 Å². The van der Waals surface area contributed by atoms with E-state index >= 15 is 0 Å². The van der Waals surface area contributed by atoms with Crippen molar-refractivity contribution < 1.29 is 9.53 Å². The summed E-state index contributed by atoms with van der Waals surface area (Å²) in [6.45, 7) is 0. The Balaban J connectivity index is 2.09. The lowest BCUT2D eigenvalue weighted by atomic mass is 9.82. The first-order valence-electron chi connectivity index (χ1n) is 5.75. The summed E-state index contributed by atoms with van der Waals surface area (Å²) in [6, 6.07) is 2.13. The molecule has 4 atom stereocenters. The third kappa shape index (κ3) is 1.73. The Labute approximate surface area is 90.4 Å². The van der Waals surface area contributed by atoms with Crippen LogP contribution in [0.25, 0.3) is 0 Å². The first-order valence-corrected chi connectivity index (χ1v) is 5.75. The number of fused-ring (bicyclic) bond motifs is 1. The Bertz CT molecular complexity index is 294. The molecule has 3 nitrogen and oxygen atoms in total. The minimum Gasteiger partial charge on any atom is -0.468 e. The second-order valence-electron chi connectivity index (χ2n) is 4.73. The first-order chi connectivity index (χ1) is 7.27. The van der Waals surface area contributed by atoms with Crippen LogP contribution in [0.5, 0.6) is 0 Å². The van der Waals surface area contributed by atoms with E-state index in [0.29, 0.717) is 5.92 Å². The van der Waals surface area contributed by atoms with Crippen molar-refractivity contribution in [3.63, 3.8) is 0 Å². The SMILES string of the molecule is COC(=O)C(C#N)C1CCC2CCCC21. The molecule has 2 aliphatic carbocycles.